The smallest absolute Gasteiger partial charge is 0.322 e. The zero-order valence-electron chi connectivity index (χ0n) is 13.1. The van der Waals surface area contributed by atoms with E-state index in [1.165, 1.54) is 0 Å². The number of nitrogens with one attached hydrogen (secondary N) is 1. The fraction of sp³-hybridized carbons (Fsp3) is 0.118. The van der Waals surface area contributed by atoms with Gasteiger partial charge in [0.15, 0.2) is 0 Å². The lowest BCUT2D eigenvalue weighted by Gasteiger charge is -2.11. The number of hydrogen-bond acceptors (Lipinski definition) is 6. The van der Waals surface area contributed by atoms with Crippen molar-refractivity contribution in [1.82, 2.24) is 10.2 Å². The number of aryl methyl sites for hydroxylation is 1. The van der Waals surface area contributed by atoms with Gasteiger partial charge in [-0.15, -0.1) is 5.10 Å². The third-order valence-electron chi connectivity index (χ3n) is 3.15. The van der Waals surface area contributed by atoms with Crippen molar-refractivity contribution in [2.24, 2.45) is 0 Å². The maximum Gasteiger partial charge on any atom is 0.322 e. The number of anilines is 1. The van der Waals surface area contributed by atoms with Gasteiger partial charge in [-0.05, 0) is 24.3 Å². The maximum atomic E-state index is 12.4. The molecule has 1 N–H and O–H groups in total. The van der Waals surface area contributed by atoms with Gasteiger partial charge in [0.1, 0.15) is 17.2 Å². The van der Waals surface area contributed by atoms with Crippen LogP contribution < -0.4 is 14.8 Å². The Morgan fingerprint density at radius 2 is 1.88 bits per heavy atom. The van der Waals surface area contributed by atoms with Crippen LogP contribution in [0.4, 0.5) is 6.01 Å². The molecule has 122 valence electrons. The fourth-order valence-corrected chi connectivity index (χ4v) is 2.05. The highest BCUT2D eigenvalue weighted by Gasteiger charge is 2.15. The zero-order chi connectivity index (χ0) is 16.9. The molecule has 1 amide bonds. The molecule has 3 rings (SSSR count). The first-order valence-corrected chi connectivity index (χ1v) is 7.18. The quantitative estimate of drug-likeness (QED) is 0.773. The van der Waals surface area contributed by atoms with Crippen molar-refractivity contribution in [1.29, 1.82) is 0 Å². The van der Waals surface area contributed by atoms with Crippen LogP contribution in [-0.2, 0) is 0 Å². The Kier molecular flexibility index (Phi) is 4.42. The third-order valence-corrected chi connectivity index (χ3v) is 3.15. The number of carbonyl (C=O) groups excluding carboxylic acids is 1. The average molecular weight is 325 g/mol. The van der Waals surface area contributed by atoms with Gasteiger partial charge in [-0.3, -0.25) is 10.1 Å². The van der Waals surface area contributed by atoms with Gasteiger partial charge in [0.2, 0.25) is 5.89 Å². The molecular formula is C17H15N3O4. The summed E-state index contributed by atoms with van der Waals surface area (Å²) in [7, 11) is 1.58. The van der Waals surface area contributed by atoms with Crippen LogP contribution in [-0.4, -0.2) is 23.2 Å². The highest BCUT2D eigenvalue weighted by atomic mass is 16.5. The van der Waals surface area contributed by atoms with Crippen LogP contribution in [0.3, 0.4) is 0 Å². The molecule has 0 bridgehead atoms. The number of ether oxygens (including phenoxy) is 2. The number of benzene rings is 2. The standard InChI is InChI=1S/C17H15N3O4/c1-11-19-20-17(23-11)18-16(21)14-8-3-4-9-15(14)24-13-7-5-6-12(10-13)22-2/h3-10H,1-2H3,(H,18,20,21). The van der Waals surface area contributed by atoms with Crippen molar-refractivity contribution in [3.05, 3.63) is 60.0 Å². The first-order valence-electron chi connectivity index (χ1n) is 7.18. The maximum absolute atomic E-state index is 12.4. The van der Waals surface area contributed by atoms with E-state index in [-0.39, 0.29) is 6.01 Å². The van der Waals surface area contributed by atoms with Crippen LogP contribution in [0.1, 0.15) is 16.2 Å². The minimum Gasteiger partial charge on any atom is -0.497 e. The molecule has 7 nitrogen and oxygen atoms in total. The Morgan fingerprint density at radius 3 is 2.62 bits per heavy atom. The van der Waals surface area contributed by atoms with E-state index in [0.717, 1.165) is 0 Å². The highest BCUT2D eigenvalue weighted by Crippen LogP contribution is 2.28. The minimum absolute atomic E-state index is 0.0358. The van der Waals surface area contributed by atoms with E-state index in [1.54, 1.807) is 56.5 Å². The summed E-state index contributed by atoms with van der Waals surface area (Å²) in [5.74, 6) is 1.59. The summed E-state index contributed by atoms with van der Waals surface area (Å²) in [5.41, 5.74) is 0.344. The molecule has 1 heterocycles. The lowest BCUT2D eigenvalue weighted by atomic mass is 10.2. The van der Waals surface area contributed by atoms with Crippen molar-refractivity contribution in [2.75, 3.05) is 12.4 Å². The lowest BCUT2D eigenvalue weighted by molar-refractivity contribution is 0.102. The first kappa shape index (κ1) is 15.5. The van der Waals surface area contributed by atoms with Gasteiger partial charge in [-0.2, -0.15) is 0 Å². The number of methoxy groups -OCH3 is 1. The number of aromatic nitrogens is 2. The Bertz CT molecular complexity index is 860. The topological polar surface area (TPSA) is 86.5 Å². The van der Waals surface area contributed by atoms with Crippen molar-refractivity contribution < 1.29 is 18.7 Å². The van der Waals surface area contributed by atoms with E-state index in [1.807, 2.05) is 6.07 Å². The second-order valence-electron chi connectivity index (χ2n) is 4.86. The summed E-state index contributed by atoms with van der Waals surface area (Å²) >= 11 is 0. The number of hydrogen-bond donors (Lipinski definition) is 1. The van der Waals surface area contributed by atoms with Crippen molar-refractivity contribution in [2.45, 2.75) is 6.92 Å². The average Bonchev–Trinajstić information content (AvgIpc) is 3.00. The molecule has 0 saturated heterocycles. The normalized spacial score (nSPS) is 10.2. The van der Waals surface area contributed by atoms with Gasteiger partial charge in [0.05, 0.1) is 12.7 Å². The largest absolute Gasteiger partial charge is 0.497 e. The van der Waals surface area contributed by atoms with Gasteiger partial charge < -0.3 is 13.9 Å². The van der Waals surface area contributed by atoms with Gasteiger partial charge in [-0.25, -0.2) is 0 Å². The molecule has 0 fully saturated rings. The van der Waals surface area contributed by atoms with Crippen LogP contribution >= 0.6 is 0 Å². The molecule has 0 spiro atoms. The molecule has 24 heavy (non-hydrogen) atoms. The van der Waals surface area contributed by atoms with Crippen molar-refractivity contribution >= 4 is 11.9 Å². The Labute approximate surface area is 138 Å². The summed E-state index contributed by atoms with van der Waals surface area (Å²) in [6.07, 6.45) is 0. The highest BCUT2D eigenvalue weighted by molar-refractivity contribution is 6.05. The fourth-order valence-electron chi connectivity index (χ4n) is 2.05. The van der Waals surface area contributed by atoms with Gasteiger partial charge in [-0.1, -0.05) is 23.3 Å². The van der Waals surface area contributed by atoms with Crippen LogP contribution in [0.15, 0.2) is 52.9 Å². The van der Waals surface area contributed by atoms with E-state index < -0.39 is 5.91 Å². The summed E-state index contributed by atoms with van der Waals surface area (Å²) in [5, 5.41) is 9.95. The minimum atomic E-state index is -0.405. The third kappa shape index (κ3) is 3.52. The van der Waals surface area contributed by atoms with Crippen molar-refractivity contribution in [3.8, 4) is 17.2 Å². The van der Waals surface area contributed by atoms with E-state index in [9.17, 15) is 4.79 Å². The summed E-state index contributed by atoms with van der Waals surface area (Å²) in [6.45, 7) is 1.64. The number of nitrogens with zero attached hydrogens (tertiary/aromatic N) is 2. The van der Waals surface area contributed by atoms with E-state index in [0.29, 0.717) is 28.7 Å². The van der Waals surface area contributed by atoms with Gasteiger partial charge in [0, 0.05) is 13.0 Å². The molecule has 0 saturated carbocycles. The molecular weight excluding hydrogens is 310 g/mol. The molecule has 3 aromatic rings. The summed E-state index contributed by atoms with van der Waals surface area (Å²) < 4.78 is 16.1. The Morgan fingerprint density at radius 1 is 1.08 bits per heavy atom. The van der Waals surface area contributed by atoms with Gasteiger partial charge in [0.25, 0.3) is 5.91 Å². The molecule has 0 aliphatic rings. The summed E-state index contributed by atoms with van der Waals surface area (Å²) in [4.78, 5) is 12.4. The molecule has 0 atom stereocenters. The molecule has 0 aliphatic heterocycles. The summed E-state index contributed by atoms with van der Waals surface area (Å²) in [6, 6.07) is 14.0. The lowest BCUT2D eigenvalue weighted by Crippen LogP contribution is -2.13. The van der Waals surface area contributed by atoms with Crippen LogP contribution in [0.25, 0.3) is 0 Å². The molecule has 7 heteroatoms. The van der Waals surface area contributed by atoms with Crippen LogP contribution in [0, 0.1) is 6.92 Å². The molecule has 2 aromatic carbocycles. The Hall–Kier alpha value is -3.35. The predicted octanol–water partition coefficient (Wildman–Crippen LogP) is 3.43. The van der Waals surface area contributed by atoms with Crippen LogP contribution in [0.5, 0.6) is 17.2 Å². The second-order valence-corrected chi connectivity index (χ2v) is 4.86. The molecule has 0 unspecified atom stereocenters. The predicted molar refractivity (Wildman–Crippen MR) is 86.5 cm³/mol. The SMILES string of the molecule is COc1cccc(Oc2ccccc2C(=O)Nc2nnc(C)o2)c1. The molecule has 0 radical (unpaired) electrons. The molecule has 1 aromatic heterocycles. The number of para-hydroxylation sites is 1. The molecule has 0 aliphatic carbocycles. The number of carbonyl (C=O) groups is 1. The van der Waals surface area contributed by atoms with Gasteiger partial charge >= 0.3 is 6.01 Å². The number of amides is 1. The Balaban J connectivity index is 1.83. The van der Waals surface area contributed by atoms with Crippen molar-refractivity contribution in [3.63, 3.8) is 0 Å². The van der Waals surface area contributed by atoms with Crippen LogP contribution in [0.2, 0.25) is 0 Å². The van der Waals surface area contributed by atoms with E-state index >= 15 is 0 Å². The monoisotopic (exact) mass is 325 g/mol. The first-order chi connectivity index (χ1) is 11.7. The second kappa shape index (κ2) is 6.82. The van der Waals surface area contributed by atoms with E-state index in [2.05, 4.69) is 15.5 Å². The van der Waals surface area contributed by atoms with E-state index in [4.69, 9.17) is 13.9 Å². The number of rotatable bonds is 5. The zero-order valence-corrected chi connectivity index (χ0v) is 13.1.